The van der Waals surface area contributed by atoms with Gasteiger partial charge in [0, 0.05) is 19.3 Å². The van der Waals surface area contributed by atoms with E-state index >= 15 is 0 Å². The van der Waals surface area contributed by atoms with Gasteiger partial charge in [0.2, 0.25) is 0 Å². The smallest absolute Gasteiger partial charge is 0.338 e. The molecule has 0 unspecified atom stereocenters. The summed E-state index contributed by atoms with van der Waals surface area (Å²) >= 11 is 0. The van der Waals surface area contributed by atoms with E-state index < -0.39 is 35.5 Å². The lowest BCUT2D eigenvalue weighted by molar-refractivity contribution is -0.331. The Labute approximate surface area is 319 Å². The van der Waals surface area contributed by atoms with Gasteiger partial charge < -0.3 is 33.6 Å². The van der Waals surface area contributed by atoms with Crippen molar-refractivity contribution in [3.8, 4) is 0 Å². The second-order valence-corrected chi connectivity index (χ2v) is 16.1. The molecule has 3 aliphatic heterocycles. The Morgan fingerprint density at radius 3 is 2.26 bits per heavy atom. The highest BCUT2D eigenvalue weighted by atomic mass is 16.7. The van der Waals surface area contributed by atoms with E-state index in [4.69, 9.17) is 23.7 Å². The molecule has 4 aliphatic rings. The number of aldehydes is 1. The van der Waals surface area contributed by atoms with Gasteiger partial charge in [-0.15, -0.1) is 0 Å². The number of rotatable bonds is 11. The third-order valence-corrected chi connectivity index (χ3v) is 11.9. The highest BCUT2D eigenvalue weighted by Crippen LogP contribution is 2.48. The minimum atomic E-state index is -1.57. The highest BCUT2D eigenvalue weighted by Gasteiger charge is 2.60. The van der Waals surface area contributed by atoms with E-state index in [1.807, 2.05) is 43.3 Å². The van der Waals surface area contributed by atoms with Crippen molar-refractivity contribution in [2.45, 2.75) is 121 Å². The normalized spacial score (nSPS) is 35.4. The first-order valence-corrected chi connectivity index (χ1v) is 19.6. The number of ether oxygens (including phenoxy) is 5. The van der Waals surface area contributed by atoms with Crippen molar-refractivity contribution >= 4 is 18.2 Å². The van der Waals surface area contributed by atoms with E-state index in [2.05, 4.69) is 39.8 Å². The zero-order valence-corrected chi connectivity index (χ0v) is 32.2. The molecule has 0 radical (unpaired) electrons. The van der Waals surface area contributed by atoms with Crippen molar-refractivity contribution in [3.05, 3.63) is 107 Å². The monoisotopic (exact) mass is 740 g/mol. The molecule has 0 bridgehead atoms. The number of allylic oxidation sites excluding steroid dienone is 4. The molecule has 4 fully saturated rings. The van der Waals surface area contributed by atoms with Crippen molar-refractivity contribution in [2.24, 2.45) is 23.7 Å². The number of aliphatic hydroxyl groups is 1. The molecule has 0 amide bonds. The van der Waals surface area contributed by atoms with E-state index in [-0.39, 0.29) is 42.7 Å². The average molecular weight is 741 g/mol. The second-order valence-electron chi connectivity index (χ2n) is 16.1. The molecule has 1 spiro atoms. The third-order valence-electron chi connectivity index (χ3n) is 11.9. The predicted octanol–water partition coefficient (Wildman–Crippen LogP) is 7.98. The first kappa shape index (κ1) is 39.8. The van der Waals surface area contributed by atoms with Gasteiger partial charge in [0.05, 0.1) is 35.9 Å². The van der Waals surface area contributed by atoms with Gasteiger partial charge in [0.25, 0.3) is 0 Å². The SMILES string of the molecule is C/C(=C\C[C@@H]1C[C@H](OC(=O)c2ccccc2)C[C@]2(CC[C@H](C)[C@@H](C)O2)O1)C[C@@H](C)/C=C/C=C1\CO[C@@H]2[C@H](OC(=O)c3ccccc3)[C@@H](C)C[C@@H](C=O)[C@]12O. The molecule has 2 aromatic carbocycles. The molecule has 0 aromatic heterocycles. The van der Waals surface area contributed by atoms with E-state index in [0.29, 0.717) is 48.3 Å². The minimum absolute atomic E-state index is 0.0508. The highest BCUT2D eigenvalue weighted by molar-refractivity contribution is 5.90. The number of hydrogen-bond donors (Lipinski definition) is 1. The Kier molecular flexibility index (Phi) is 12.7. The van der Waals surface area contributed by atoms with Gasteiger partial charge in [-0.25, -0.2) is 9.59 Å². The fourth-order valence-electron chi connectivity index (χ4n) is 8.63. The second kappa shape index (κ2) is 17.3. The Morgan fingerprint density at radius 2 is 1.61 bits per heavy atom. The number of hydrogen-bond acceptors (Lipinski definition) is 9. The quantitative estimate of drug-likeness (QED) is 0.139. The maximum atomic E-state index is 13.0. The van der Waals surface area contributed by atoms with Gasteiger partial charge in [-0.3, -0.25) is 0 Å². The number of fused-ring (bicyclic) bond motifs is 1. The third kappa shape index (κ3) is 8.97. The Bertz CT molecular complexity index is 1700. The fourth-order valence-corrected chi connectivity index (χ4v) is 8.63. The van der Waals surface area contributed by atoms with Gasteiger partial charge in [0.1, 0.15) is 30.2 Å². The molecule has 3 saturated heterocycles. The van der Waals surface area contributed by atoms with Crippen LogP contribution in [0.4, 0.5) is 0 Å². The molecule has 290 valence electrons. The lowest BCUT2D eigenvalue weighted by Crippen LogP contribution is -2.59. The Hall–Kier alpha value is -3.89. The van der Waals surface area contributed by atoms with Crippen LogP contribution >= 0.6 is 0 Å². The number of carbonyl (C=O) groups is 3. The number of benzene rings is 2. The first-order chi connectivity index (χ1) is 25.9. The van der Waals surface area contributed by atoms with Gasteiger partial charge in [-0.05, 0) is 87.1 Å². The van der Waals surface area contributed by atoms with Crippen LogP contribution < -0.4 is 0 Å². The molecule has 1 saturated carbocycles. The Balaban J connectivity index is 1.08. The average Bonchev–Trinajstić information content (AvgIpc) is 3.50. The van der Waals surface area contributed by atoms with Crippen LogP contribution in [0.5, 0.6) is 0 Å². The Morgan fingerprint density at radius 1 is 0.944 bits per heavy atom. The fraction of sp³-hybridized carbons (Fsp3) is 0.533. The first-order valence-electron chi connectivity index (χ1n) is 19.6. The molecule has 6 rings (SSSR count). The zero-order valence-electron chi connectivity index (χ0n) is 32.2. The van der Waals surface area contributed by atoms with Crippen LogP contribution in [-0.2, 0) is 28.5 Å². The van der Waals surface area contributed by atoms with Gasteiger partial charge in [0.15, 0.2) is 5.79 Å². The topological polar surface area (TPSA) is 118 Å². The summed E-state index contributed by atoms with van der Waals surface area (Å²) in [6.07, 6.45) is 11.6. The number of esters is 2. The lowest BCUT2D eigenvalue weighted by atomic mass is 9.66. The van der Waals surface area contributed by atoms with Crippen molar-refractivity contribution < 1.29 is 43.2 Å². The molecule has 1 aliphatic carbocycles. The standard InChI is InChI=1S/C45H56O9/c1-29(13-12-18-36-28-50-41-40(32(4)24-37(27-46)45(36,41)49)52-43(48)35-16-10-7-11-17-35)23-30(2)19-20-38-25-39(51-42(47)34-14-8-6-9-15-34)26-44(54-38)22-21-31(3)33(5)53-44/h6-19,27,29,31-33,37-41,49H,20-26,28H2,1-5H3/b13-12+,30-19+,36-18+/t29-,31-,32-,33+,37-,38+,39-,40+,41+,44-,45+/m0/s1. The van der Waals surface area contributed by atoms with Crippen molar-refractivity contribution in [3.63, 3.8) is 0 Å². The predicted molar refractivity (Wildman–Crippen MR) is 204 cm³/mol. The summed E-state index contributed by atoms with van der Waals surface area (Å²) in [5.41, 5.74) is 1.21. The van der Waals surface area contributed by atoms with Crippen molar-refractivity contribution in [1.29, 1.82) is 0 Å². The summed E-state index contributed by atoms with van der Waals surface area (Å²) in [6, 6.07) is 17.8. The largest absolute Gasteiger partial charge is 0.458 e. The molecule has 3 heterocycles. The lowest BCUT2D eigenvalue weighted by Gasteiger charge is -2.49. The summed E-state index contributed by atoms with van der Waals surface area (Å²) in [4.78, 5) is 38.2. The van der Waals surface area contributed by atoms with Gasteiger partial charge in [-0.1, -0.05) is 87.0 Å². The van der Waals surface area contributed by atoms with Crippen LogP contribution in [0.25, 0.3) is 0 Å². The van der Waals surface area contributed by atoms with E-state index in [1.54, 1.807) is 36.4 Å². The van der Waals surface area contributed by atoms with Gasteiger partial charge >= 0.3 is 11.9 Å². The molecule has 1 N–H and O–H groups in total. The molecule has 11 atom stereocenters. The van der Waals surface area contributed by atoms with E-state index in [1.165, 1.54) is 5.57 Å². The summed E-state index contributed by atoms with van der Waals surface area (Å²) < 4.78 is 31.3. The van der Waals surface area contributed by atoms with Crippen LogP contribution in [0.15, 0.2) is 96.1 Å². The molecule has 2 aromatic rings. The maximum Gasteiger partial charge on any atom is 0.338 e. The van der Waals surface area contributed by atoms with Crippen LogP contribution in [0.1, 0.15) is 100 Å². The van der Waals surface area contributed by atoms with Crippen molar-refractivity contribution in [2.75, 3.05) is 6.61 Å². The summed E-state index contributed by atoms with van der Waals surface area (Å²) in [5, 5.41) is 12.0. The van der Waals surface area contributed by atoms with Crippen LogP contribution in [0.2, 0.25) is 0 Å². The molecule has 54 heavy (non-hydrogen) atoms. The van der Waals surface area contributed by atoms with E-state index in [0.717, 1.165) is 25.5 Å². The molecular formula is C45H56O9. The summed E-state index contributed by atoms with van der Waals surface area (Å²) in [5.74, 6) is -1.81. The minimum Gasteiger partial charge on any atom is -0.458 e. The van der Waals surface area contributed by atoms with Crippen LogP contribution in [0, 0.1) is 23.7 Å². The van der Waals surface area contributed by atoms with E-state index in [9.17, 15) is 19.5 Å². The summed E-state index contributed by atoms with van der Waals surface area (Å²) in [6.45, 7) is 10.6. The maximum absolute atomic E-state index is 13.0. The zero-order chi connectivity index (χ0) is 38.5. The van der Waals surface area contributed by atoms with Crippen LogP contribution in [-0.4, -0.2) is 71.8 Å². The number of carbonyl (C=O) groups excluding carboxylic acids is 3. The molecular weight excluding hydrogens is 684 g/mol. The molecule has 9 heteroatoms. The van der Waals surface area contributed by atoms with Gasteiger partial charge in [-0.2, -0.15) is 0 Å². The summed E-state index contributed by atoms with van der Waals surface area (Å²) in [7, 11) is 0. The van der Waals surface area contributed by atoms with Crippen LogP contribution in [0.3, 0.4) is 0 Å². The molecule has 9 nitrogen and oxygen atoms in total. The van der Waals surface area contributed by atoms with Crippen molar-refractivity contribution in [1.82, 2.24) is 0 Å².